The summed E-state index contributed by atoms with van der Waals surface area (Å²) in [6.45, 7) is 5.90. The summed E-state index contributed by atoms with van der Waals surface area (Å²) in [5.74, 6) is -0.996. The smallest absolute Gasteiger partial charge is 0.369 e. The average molecular weight is 434 g/mol. The molecule has 0 bridgehead atoms. The second-order valence-corrected chi connectivity index (χ2v) is 7.68. The molecule has 2 amide bonds. The van der Waals surface area contributed by atoms with Gasteiger partial charge in [0.05, 0.1) is 11.3 Å². The van der Waals surface area contributed by atoms with Crippen LogP contribution in [-0.2, 0) is 11.0 Å². The number of alkyl halides is 3. The number of hydrogen-bond donors (Lipinski definition) is 2. The molecule has 0 aliphatic carbocycles. The van der Waals surface area contributed by atoms with E-state index in [9.17, 15) is 22.8 Å². The topological polar surface area (TPSA) is 64.7 Å². The number of carbonyl (C=O) groups is 2. The van der Waals surface area contributed by atoms with Crippen molar-refractivity contribution in [3.8, 4) is 0 Å². The number of hydrogen-bond acceptors (Lipinski definition) is 4. The number of anilines is 3. The van der Waals surface area contributed by atoms with Crippen molar-refractivity contribution < 1.29 is 22.8 Å². The molecule has 0 unspecified atom stereocenters. The molecule has 31 heavy (non-hydrogen) atoms. The highest BCUT2D eigenvalue weighted by Gasteiger charge is 2.35. The van der Waals surface area contributed by atoms with Crippen molar-refractivity contribution in [3.63, 3.8) is 0 Å². The van der Waals surface area contributed by atoms with Gasteiger partial charge in [-0.1, -0.05) is 6.07 Å². The van der Waals surface area contributed by atoms with E-state index in [1.807, 2.05) is 11.9 Å². The second-order valence-electron chi connectivity index (χ2n) is 7.68. The summed E-state index contributed by atoms with van der Waals surface area (Å²) in [6.07, 6.45) is -4.63. The van der Waals surface area contributed by atoms with Crippen LogP contribution in [0, 0.1) is 6.92 Å². The van der Waals surface area contributed by atoms with E-state index in [0.29, 0.717) is 24.5 Å². The molecule has 3 rings (SSSR count). The maximum absolute atomic E-state index is 13.7. The van der Waals surface area contributed by atoms with Gasteiger partial charge in [-0.15, -0.1) is 0 Å². The van der Waals surface area contributed by atoms with Crippen molar-refractivity contribution in [1.29, 1.82) is 0 Å². The van der Waals surface area contributed by atoms with Gasteiger partial charge >= 0.3 is 6.18 Å². The summed E-state index contributed by atoms with van der Waals surface area (Å²) >= 11 is 0. The number of likely N-dealkylation sites (N-methyl/N-ethyl adjacent to an activating group) is 1. The SMILES string of the molecule is CC(=O)Nc1cc(C(=O)Nc2ccc(N3CCN(C)CC3)cc2C(F)(F)F)ccc1C. The van der Waals surface area contributed by atoms with E-state index in [1.165, 1.54) is 25.1 Å². The van der Waals surface area contributed by atoms with Crippen molar-refractivity contribution in [3.05, 3.63) is 53.1 Å². The largest absolute Gasteiger partial charge is 0.418 e. The maximum Gasteiger partial charge on any atom is 0.418 e. The van der Waals surface area contributed by atoms with Crippen LogP contribution in [0.15, 0.2) is 36.4 Å². The second kappa shape index (κ2) is 8.97. The standard InChI is InChI=1S/C22H25F3N4O2/c1-14-4-5-16(12-20(14)26-15(2)30)21(31)27-19-7-6-17(13-18(19)22(23,24)25)29-10-8-28(3)9-11-29/h4-7,12-13H,8-11H2,1-3H3,(H,26,30)(H,27,31). The lowest BCUT2D eigenvalue weighted by Gasteiger charge is -2.34. The van der Waals surface area contributed by atoms with Crippen molar-refractivity contribution >= 4 is 28.9 Å². The summed E-state index contributed by atoms with van der Waals surface area (Å²) in [5.41, 5.74) is 0.580. The molecule has 166 valence electrons. The number of nitrogens with one attached hydrogen (secondary N) is 2. The zero-order valence-corrected chi connectivity index (χ0v) is 17.6. The first-order valence-corrected chi connectivity index (χ1v) is 9.89. The molecule has 1 saturated heterocycles. The monoisotopic (exact) mass is 434 g/mol. The zero-order valence-electron chi connectivity index (χ0n) is 17.6. The van der Waals surface area contributed by atoms with Crippen LogP contribution in [0.3, 0.4) is 0 Å². The number of rotatable bonds is 4. The summed E-state index contributed by atoms with van der Waals surface area (Å²) in [5, 5.41) is 4.98. The highest BCUT2D eigenvalue weighted by Crippen LogP contribution is 2.37. The molecule has 2 aromatic rings. The minimum Gasteiger partial charge on any atom is -0.369 e. The minimum atomic E-state index is -4.63. The fourth-order valence-electron chi connectivity index (χ4n) is 3.42. The molecule has 0 radical (unpaired) electrons. The van der Waals surface area contributed by atoms with Crippen LogP contribution in [-0.4, -0.2) is 49.9 Å². The van der Waals surface area contributed by atoms with E-state index in [4.69, 9.17) is 0 Å². The van der Waals surface area contributed by atoms with Crippen LogP contribution in [0.2, 0.25) is 0 Å². The predicted octanol–water partition coefficient (Wildman–Crippen LogP) is 3.98. The van der Waals surface area contributed by atoms with Crippen LogP contribution in [0.4, 0.5) is 30.2 Å². The normalized spacial score (nSPS) is 15.0. The van der Waals surface area contributed by atoms with Crippen molar-refractivity contribution in [2.24, 2.45) is 0 Å². The van der Waals surface area contributed by atoms with E-state index in [1.54, 1.807) is 19.1 Å². The Kier molecular flexibility index (Phi) is 6.54. The zero-order chi connectivity index (χ0) is 22.8. The van der Waals surface area contributed by atoms with Gasteiger partial charge in [-0.3, -0.25) is 9.59 Å². The molecule has 0 spiro atoms. The number of nitrogens with zero attached hydrogens (tertiary/aromatic N) is 2. The van der Waals surface area contributed by atoms with E-state index >= 15 is 0 Å². The quantitative estimate of drug-likeness (QED) is 0.764. The molecule has 1 aliphatic heterocycles. The Bertz CT molecular complexity index is 983. The molecule has 1 heterocycles. The molecule has 1 aliphatic rings. The molecule has 2 N–H and O–H groups in total. The first-order valence-electron chi connectivity index (χ1n) is 9.89. The Hall–Kier alpha value is -3.07. The van der Waals surface area contributed by atoms with E-state index < -0.39 is 17.6 Å². The highest BCUT2D eigenvalue weighted by molar-refractivity contribution is 6.06. The highest BCUT2D eigenvalue weighted by atomic mass is 19.4. The van der Waals surface area contributed by atoms with Crippen LogP contribution in [0.25, 0.3) is 0 Å². The lowest BCUT2D eigenvalue weighted by Crippen LogP contribution is -2.44. The molecular weight excluding hydrogens is 409 g/mol. The fourth-order valence-corrected chi connectivity index (χ4v) is 3.42. The third kappa shape index (κ3) is 5.55. The van der Waals surface area contributed by atoms with Gasteiger partial charge in [0, 0.05) is 50.0 Å². The Balaban J connectivity index is 1.87. The van der Waals surface area contributed by atoms with Crippen molar-refractivity contribution in [1.82, 2.24) is 4.90 Å². The summed E-state index contributed by atoms with van der Waals surface area (Å²) in [6, 6.07) is 8.53. The molecular formula is C22H25F3N4O2. The first-order chi connectivity index (χ1) is 14.5. The maximum atomic E-state index is 13.7. The van der Waals surface area contributed by atoms with Crippen LogP contribution in [0.5, 0.6) is 0 Å². The third-order valence-electron chi connectivity index (χ3n) is 5.24. The van der Waals surface area contributed by atoms with Crippen molar-refractivity contribution in [2.75, 3.05) is 48.8 Å². The molecule has 2 aromatic carbocycles. The van der Waals surface area contributed by atoms with Crippen LogP contribution in [0.1, 0.15) is 28.4 Å². The summed E-state index contributed by atoms with van der Waals surface area (Å²) in [4.78, 5) is 28.0. The van der Waals surface area contributed by atoms with Gasteiger partial charge in [0.1, 0.15) is 0 Å². The predicted molar refractivity (Wildman–Crippen MR) is 115 cm³/mol. The lowest BCUT2D eigenvalue weighted by molar-refractivity contribution is -0.136. The Morgan fingerprint density at radius 2 is 1.61 bits per heavy atom. The van der Waals surface area contributed by atoms with Gasteiger partial charge < -0.3 is 20.4 Å². The number of halogens is 3. The summed E-state index contributed by atoms with van der Waals surface area (Å²) in [7, 11) is 1.97. The van der Waals surface area contributed by atoms with Crippen LogP contribution >= 0.6 is 0 Å². The first kappa shape index (κ1) is 22.6. The minimum absolute atomic E-state index is 0.144. The number of carbonyl (C=O) groups excluding carboxylic acids is 2. The molecule has 0 saturated carbocycles. The number of piperazine rings is 1. The van der Waals surface area contributed by atoms with E-state index in [0.717, 1.165) is 24.7 Å². The Morgan fingerprint density at radius 1 is 0.935 bits per heavy atom. The van der Waals surface area contributed by atoms with Gasteiger partial charge in [0.15, 0.2) is 0 Å². The van der Waals surface area contributed by atoms with Gasteiger partial charge in [0.25, 0.3) is 5.91 Å². The number of amides is 2. The Labute approximate surface area is 179 Å². The van der Waals surface area contributed by atoms with Crippen molar-refractivity contribution in [2.45, 2.75) is 20.0 Å². The van der Waals surface area contributed by atoms with E-state index in [2.05, 4.69) is 15.5 Å². The van der Waals surface area contributed by atoms with E-state index in [-0.39, 0.29) is 17.2 Å². The van der Waals surface area contributed by atoms with Gasteiger partial charge in [-0.05, 0) is 49.9 Å². The Morgan fingerprint density at radius 3 is 2.23 bits per heavy atom. The van der Waals surface area contributed by atoms with Gasteiger partial charge in [0.2, 0.25) is 5.91 Å². The fraction of sp³-hybridized carbons (Fsp3) is 0.364. The number of benzene rings is 2. The third-order valence-corrected chi connectivity index (χ3v) is 5.24. The van der Waals surface area contributed by atoms with Gasteiger partial charge in [-0.25, -0.2) is 0 Å². The molecule has 0 atom stereocenters. The lowest BCUT2D eigenvalue weighted by atomic mass is 10.1. The molecule has 9 heteroatoms. The van der Waals surface area contributed by atoms with Crippen LogP contribution < -0.4 is 15.5 Å². The van der Waals surface area contributed by atoms with Gasteiger partial charge in [-0.2, -0.15) is 13.2 Å². The molecule has 1 fully saturated rings. The average Bonchev–Trinajstić information content (AvgIpc) is 2.69. The number of aryl methyl sites for hydroxylation is 1. The molecule has 6 nitrogen and oxygen atoms in total. The molecule has 0 aromatic heterocycles. The summed E-state index contributed by atoms with van der Waals surface area (Å²) < 4.78 is 41.2.